The summed E-state index contributed by atoms with van der Waals surface area (Å²) in [5.74, 6) is -5.80. The first-order valence-corrected chi connectivity index (χ1v) is 6.33. The number of aliphatic hydroxyl groups is 6. The van der Waals surface area contributed by atoms with Crippen LogP contribution in [0.3, 0.4) is 0 Å². The maximum atomic E-state index is 11.7. The molecule has 128 valence electrons. The molecule has 1 unspecified atom stereocenters. The van der Waals surface area contributed by atoms with Crippen molar-refractivity contribution in [3.8, 4) is 0 Å². The number of carbonyl (C=O) groups is 2. The van der Waals surface area contributed by atoms with Gasteiger partial charge >= 0.3 is 11.9 Å². The summed E-state index contributed by atoms with van der Waals surface area (Å²) in [5, 5.41) is 56.2. The Bertz CT molecular complexity index is 418. The van der Waals surface area contributed by atoms with E-state index >= 15 is 0 Å². The van der Waals surface area contributed by atoms with Crippen LogP contribution in [0.4, 0.5) is 0 Å². The Kier molecular flexibility index (Phi) is 6.34. The fourth-order valence-corrected chi connectivity index (χ4v) is 1.96. The summed E-state index contributed by atoms with van der Waals surface area (Å²) in [7, 11) is 0. The monoisotopic (exact) mass is 325 g/mol. The molecule has 0 aromatic heterocycles. The van der Waals surface area contributed by atoms with Gasteiger partial charge in [-0.15, -0.1) is 0 Å². The van der Waals surface area contributed by atoms with Gasteiger partial charge < -0.3 is 45.8 Å². The zero-order valence-corrected chi connectivity index (χ0v) is 11.4. The van der Waals surface area contributed by atoms with Gasteiger partial charge in [0.05, 0.1) is 18.8 Å². The highest BCUT2D eigenvalue weighted by molar-refractivity contribution is 5.89. The van der Waals surface area contributed by atoms with E-state index in [-0.39, 0.29) is 0 Å². The average Bonchev–Trinajstić information content (AvgIpc) is 2.49. The molecule has 0 bridgehead atoms. The van der Waals surface area contributed by atoms with Crippen LogP contribution in [0.1, 0.15) is 6.42 Å². The molecule has 6 atom stereocenters. The first kappa shape index (κ1) is 18.9. The third kappa shape index (κ3) is 3.97. The van der Waals surface area contributed by atoms with Crippen molar-refractivity contribution >= 4 is 11.9 Å². The standard InChI is InChI=1S/C11H19NO10/c12-7-4(15)1-11(20,10(19)21-6(17)3-14)22-9(7)8(18)5(16)2-13/h4-5,7-9,13-16,18,20H,1-3,12H2/t4-,5+,7+,8+,9+,11?/m0/s1. The Morgan fingerprint density at radius 1 is 1.36 bits per heavy atom. The van der Waals surface area contributed by atoms with Crippen LogP contribution in [0.2, 0.25) is 0 Å². The number of carbonyl (C=O) groups excluding carboxylic acids is 2. The molecule has 1 fully saturated rings. The summed E-state index contributed by atoms with van der Waals surface area (Å²) in [5.41, 5.74) is 5.57. The van der Waals surface area contributed by atoms with E-state index in [4.69, 9.17) is 20.7 Å². The van der Waals surface area contributed by atoms with E-state index in [1.807, 2.05) is 0 Å². The lowest BCUT2D eigenvalue weighted by Gasteiger charge is -2.43. The number of nitrogens with two attached hydrogens (primary N) is 1. The summed E-state index contributed by atoms with van der Waals surface area (Å²) < 4.78 is 8.98. The SMILES string of the molecule is N[C@H]1[C@H]([C@H](O)[C@H](O)CO)OC(O)(C(=O)OC(=O)CO)C[C@@H]1O. The van der Waals surface area contributed by atoms with Crippen molar-refractivity contribution in [1.29, 1.82) is 0 Å². The topological polar surface area (TPSA) is 200 Å². The molecule has 1 rings (SSSR count). The van der Waals surface area contributed by atoms with E-state index in [1.165, 1.54) is 0 Å². The smallest absolute Gasteiger partial charge is 0.374 e. The van der Waals surface area contributed by atoms with Crippen molar-refractivity contribution in [2.45, 2.75) is 42.7 Å². The molecule has 22 heavy (non-hydrogen) atoms. The van der Waals surface area contributed by atoms with Gasteiger partial charge in [0.15, 0.2) is 0 Å². The Morgan fingerprint density at radius 2 is 1.95 bits per heavy atom. The molecular weight excluding hydrogens is 306 g/mol. The number of hydrogen-bond acceptors (Lipinski definition) is 11. The van der Waals surface area contributed by atoms with Crippen LogP contribution in [0.25, 0.3) is 0 Å². The van der Waals surface area contributed by atoms with Crippen LogP contribution in [0.5, 0.6) is 0 Å². The molecule has 8 N–H and O–H groups in total. The molecule has 1 heterocycles. The minimum absolute atomic E-state index is 0.760. The largest absolute Gasteiger partial charge is 0.394 e. The Hall–Kier alpha value is -1.18. The molecule has 0 amide bonds. The van der Waals surface area contributed by atoms with Crippen LogP contribution in [0, 0.1) is 0 Å². The fourth-order valence-electron chi connectivity index (χ4n) is 1.96. The summed E-state index contributed by atoms with van der Waals surface area (Å²) >= 11 is 0. The summed E-state index contributed by atoms with van der Waals surface area (Å²) in [6.45, 7) is -1.99. The van der Waals surface area contributed by atoms with Crippen LogP contribution in [0.15, 0.2) is 0 Å². The lowest BCUT2D eigenvalue weighted by molar-refractivity contribution is -0.293. The molecule has 0 aromatic carbocycles. The number of aliphatic hydroxyl groups excluding tert-OH is 5. The normalized spacial score (nSPS) is 34.8. The summed E-state index contributed by atoms with van der Waals surface area (Å²) in [6, 6.07) is -1.29. The Labute approximate surface area is 124 Å². The molecule has 1 aliphatic heterocycles. The molecular formula is C11H19NO10. The van der Waals surface area contributed by atoms with Crippen molar-refractivity contribution in [1.82, 2.24) is 0 Å². The third-order valence-electron chi connectivity index (χ3n) is 3.21. The average molecular weight is 325 g/mol. The van der Waals surface area contributed by atoms with Crippen molar-refractivity contribution < 1.29 is 49.7 Å². The number of hydrogen-bond donors (Lipinski definition) is 7. The second-order valence-electron chi connectivity index (χ2n) is 4.88. The number of rotatable bonds is 5. The van der Waals surface area contributed by atoms with Crippen molar-refractivity contribution in [3.05, 3.63) is 0 Å². The van der Waals surface area contributed by atoms with Crippen LogP contribution in [-0.4, -0.2) is 92.0 Å². The van der Waals surface area contributed by atoms with Gasteiger partial charge in [-0.1, -0.05) is 0 Å². The van der Waals surface area contributed by atoms with Crippen LogP contribution >= 0.6 is 0 Å². The van der Waals surface area contributed by atoms with Crippen molar-refractivity contribution in [2.75, 3.05) is 13.2 Å². The minimum Gasteiger partial charge on any atom is -0.394 e. The van der Waals surface area contributed by atoms with Crippen molar-refractivity contribution in [2.24, 2.45) is 5.73 Å². The van der Waals surface area contributed by atoms with Gasteiger partial charge in [0.2, 0.25) is 0 Å². The number of ether oxygens (including phenoxy) is 2. The second kappa shape index (κ2) is 7.39. The molecule has 0 saturated carbocycles. The third-order valence-corrected chi connectivity index (χ3v) is 3.21. The van der Waals surface area contributed by atoms with Crippen LogP contribution in [-0.2, 0) is 19.1 Å². The van der Waals surface area contributed by atoms with Gasteiger partial charge in [-0.05, 0) is 0 Å². The highest BCUT2D eigenvalue weighted by Gasteiger charge is 2.53. The van der Waals surface area contributed by atoms with E-state index in [2.05, 4.69) is 4.74 Å². The fraction of sp³-hybridized carbons (Fsp3) is 0.818. The second-order valence-corrected chi connectivity index (χ2v) is 4.88. The zero-order valence-electron chi connectivity index (χ0n) is 11.4. The lowest BCUT2D eigenvalue weighted by atomic mass is 9.89. The molecule has 0 radical (unpaired) electrons. The lowest BCUT2D eigenvalue weighted by Crippen LogP contribution is -2.66. The maximum absolute atomic E-state index is 11.7. The number of esters is 2. The molecule has 0 spiro atoms. The predicted octanol–water partition coefficient (Wildman–Crippen LogP) is -5.07. The van der Waals surface area contributed by atoms with E-state index in [0.717, 1.165) is 0 Å². The first-order chi connectivity index (χ1) is 10.2. The van der Waals surface area contributed by atoms with Gasteiger partial charge in [0.25, 0.3) is 5.79 Å². The molecule has 1 saturated heterocycles. The molecule has 0 aromatic rings. The van der Waals surface area contributed by atoms with Gasteiger partial charge in [-0.25, -0.2) is 9.59 Å². The van der Waals surface area contributed by atoms with E-state index in [9.17, 15) is 30.0 Å². The van der Waals surface area contributed by atoms with Gasteiger partial charge in [-0.2, -0.15) is 0 Å². The summed E-state index contributed by atoms with van der Waals surface area (Å²) in [4.78, 5) is 22.5. The maximum Gasteiger partial charge on any atom is 0.374 e. The van der Waals surface area contributed by atoms with E-state index in [0.29, 0.717) is 0 Å². The van der Waals surface area contributed by atoms with Crippen LogP contribution < -0.4 is 5.73 Å². The van der Waals surface area contributed by atoms with E-state index in [1.54, 1.807) is 0 Å². The quantitative estimate of drug-likeness (QED) is 0.188. The predicted molar refractivity (Wildman–Crippen MR) is 65.7 cm³/mol. The van der Waals surface area contributed by atoms with Gasteiger partial charge in [0, 0.05) is 6.42 Å². The van der Waals surface area contributed by atoms with Gasteiger partial charge in [-0.3, -0.25) is 0 Å². The minimum atomic E-state index is -2.82. The molecule has 11 heteroatoms. The summed E-state index contributed by atoms with van der Waals surface area (Å²) in [6.07, 6.45) is -7.47. The Balaban J connectivity index is 2.94. The highest BCUT2D eigenvalue weighted by Crippen LogP contribution is 2.30. The first-order valence-electron chi connectivity index (χ1n) is 6.33. The van der Waals surface area contributed by atoms with Crippen molar-refractivity contribution in [3.63, 3.8) is 0 Å². The zero-order chi connectivity index (χ0) is 17.1. The van der Waals surface area contributed by atoms with E-state index < -0.39 is 67.8 Å². The van der Waals surface area contributed by atoms with Gasteiger partial charge in [0.1, 0.15) is 24.9 Å². The Morgan fingerprint density at radius 3 is 2.45 bits per heavy atom. The molecule has 1 aliphatic rings. The molecule has 11 nitrogen and oxygen atoms in total. The highest BCUT2D eigenvalue weighted by atomic mass is 16.7. The molecule has 0 aliphatic carbocycles.